The molecule has 6 heteroatoms. The first-order valence-electron chi connectivity index (χ1n) is 4.03. The van der Waals surface area contributed by atoms with Crippen molar-refractivity contribution in [2.45, 2.75) is 0 Å². The first-order chi connectivity index (χ1) is 7.00. The standard InChI is InChI=1S/C9H9BrClN3O/c1-5(10)3-14-9(15)7-2-6(12)4-13-8(7)11/h2,4H,1,3,12H2,(H,14,15). The molecule has 0 aliphatic heterocycles. The number of nitrogens with two attached hydrogens (primary N) is 1. The van der Waals surface area contributed by atoms with E-state index < -0.39 is 0 Å². The van der Waals surface area contributed by atoms with E-state index in [9.17, 15) is 4.79 Å². The van der Waals surface area contributed by atoms with Crippen molar-refractivity contribution >= 4 is 39.1 Å². The maximum absolute atomic E-state index is 11.6. The molecule has 4 nitrogen and oxygen atoms in total. The molecule has 1 heterocycles. The van der Waals surface area contributed by atoms with Gasteiger partial charge in [-0.2, -0.15) is 0 Å². The fraction of sp³-hybridized carbons (Fsp3) is 0.111. The Bertz CT molecular complexity index is 408. The molecule has 0 saturated carbocycles. The summed E-state index contributed by atoms with van der Waals surface area (Å²) < 4.78 is 0.670. The lowest BCUT2D eigenvalue weighted by atomic mass is 10.2. The van der Waals surface area contributed by atoms with E-state index in [1.165, 1.54) is 12.3 Å². The molecule has 0 bridgehead atoms. The van der Waals surface area contributed by atoms with Gasteiger partial charge in [0.25, 0.3) is 5.91 Å². The highest BCUT2D eigenvalue weighted by molar-refractivity contribution is 9.11. The molecule has 0 aromatic carbocycles. The van der Waals surface area contributed by atoms with Crippen LogP contribution in [-0.2, 0) is 0 Å². The van der Waals surface area contributed by atoms with Crippen molar-refractivity contribution in [3.63, 3.8) is 0 Å². The summed E-state index contributed by atoms with van der Waals surface area (Å²) in [6, 6.07) is 1.47. The van der Waals surface area contributed by atoms with E-state index in [0.717, 1.165) is 0 Å². The number of halogens is 2. The molecule has 1 rings (SSSR count). The molecule has 1 aromatic heterocycles. The Kier molecular flexibility index (Phi) is 4.11. The Morgan fingerprint density at radius 1 is 1.73 bits per heavy atom. The molecule has 0 saturated heterocycles. The van der Waals surface area contributed by atoms with E-state index in [-0.39, 0.29) is 16.6 Å². The average Bonchev–Trinajstić information content (AvgIpc) is 2.18. The van der Waals surface area contributed by atoms with Crippen molar-refractivity contribution in [1.29, 1.82) is 0 Å². The number of nitrogens with one attached hydrogen (secondary N) is 1. The lowest BCUT2D eigenvalue weighted by molar-refractivity contribution is 0.0957. The number of pyridine rings is 1. The summed E-state index contributed by atoms with van der Waals surface area (Å²) in [4.78, 5) is 15.3. The minimum absolute atomic E-state index is 0.127. The van der Waals surface area contributed by atoms with Crippen molar-refractivity contribution in [2.75, 3.05) is 12.3 Å². The zero-order chi connectivity index (χ0) is 11.4. The number of hydrogen-bond donors (Lipinski definition) is 2. The van der Waals surface area contributed by atoms with Crippen LogP contribution in [0.1, 0.15) is 10.4 Å². The van der Waals surface area contributed by atoms with Gasteiger partial charge in [-0.3, -0.25) is 4.79 Å². The number of aromatic nitrogens is 1. The highest BCUT2D eigenvalue weighted by Crippen LogP contribution is 2.15. The van der Waals surface area contributed by atoms with E-state index in [2.05, 4.69) is 32.8 Å². The van der Waals surface area contributed by atoms with Gasteiger partial charge in [-0.25, -0.2) is 4.98 Å². The minimum atomic E-state index is -0.333. The summed E-state index contributed by atoms with van der Waals surface area (Å²) in [7, 11) is 0. The molecule has 0 radical (unpaired) electrons. The van der Waals surface area contributed by atoms with Gasteiger partial charge in [0.15, 0.2) is 0 Å². The van der Waals surface area contributed by atoms with Gasteiger partial charge in [0.05, 0.1) is 17.4 Å². The lowest BCUT2D eigenvalue weighted by Gasteiger charge is -2.05. The Hall–Kier alpha value is -1.07. The topological polar surface area (TPSA) is 68.0 Å². The van der Waals surface area contributed by atoms with Crippen molar-refractivity contribution in [3.8, 4) is 0 Å². The van der Waals surface area contributed by atoms with E-state index in [4.69, 9.17) is 17.3 Å². The Morgan fingerprint density at radius 2 is 2.40 bits per heavy atom. The van der Waals surface area contributed by atoms with Crippen LogP contribution in [-0.4, -0.2) is 17.4 Å². The van der Waals surface area contributed by atoms with E-state index >= 15 is 0 Å². The fourth-order valence-electron chi connectivity index (χ4n) is 0.895. The van der Waals surface area contributed by atoms with Crippen molar-refractivity contribution in [1.82, 2.24) is 10.3 Å². The monoisotopic (exact) mass is 289 g/mol. The highest BCUT2D eigenvalue weighted by atomic mass is 79.9. The number of rotatable bonds is 3. The number of nitrogens with zero attached hydrogens (tertiary/aromatic N) is 1. The van der Waals surface area contributed by atoms with Crippen LogP contribution in [0.5, 0.6) is 0 Å². The molecule has 80 valence electrons. The van der Waals surface area contributed by atoms with Crippen molar-refractivity contribution in [3.05, 3.63) is 34.0 Å². The predicted octanol–water partition coefficient (Wildman–Crippen LogP) is 1.96. The van der Waals surface area contributed by atoms with Crippen molar-refractivity contribution in [2.24, 2.45) is 0 Å². The minimum Gasteiger partial charge on any atom is -0.397 e. The Labute approximate surface area is 101 Å². The number of amides is 1. The maximum Gasteiger partial charge on any atom is 0.254 e. The van der Waals surface area contributed by atoms with Gasteiger partial charge in [0, 0.05) is 11.0 Å². The number of hydrogen-bond acceptors (Lipinski definition) is 3. The van der Waals surface area contributed by atoms with Gasteiger partial charge in [0.2, 0.25) is 0 Å². The summed E-state index contributed by atoms with van der Waals surface area (Å²) in [5.41, 5.74) is 6.14. The van der Waals surface area contributed by atoms with Crippen LogP contribution in [0.2, 0.25) is 5.15 Å². The second-order valence-corrected chi connectivity index (χ2v) is 4.29. The van der Waals surface area contributed by atoms with Gasteiger partial charge >= 0.3 is 0 Å². The largest absolute Gasteiger partial charge is 0.397 e. The van der Waals surface area contributed by atoms with Gasteiger partial charge in [-0.05, 0) is 6.07 Å². The van der Waals surface area contributed by atoms with Crippen LogP contribution in [0.15, 0.2) is 23.3 Å². The number of carbonyl (C=O) groups excluding carboxylic acids is 1. The summed E-state index contributed by atoms with van der Waals surface area (Å²) in [5.74, 6) is -0.333. The third kappa shape index (κ3) is 3.53. The fourth-order valence-corrected chi connectivity index (χ4v) is 1.22. The van der Waals surface area contributed by atoms with Crippen LogP contribution in [0, 0.1) is 0 Å². The van der Waals surface area contributed by atoms with E-state index in [1.54, 1.807) is 0 Å². The Morgan fingerprint density at radius 3 is 3.00 bits per heavy atom. The summed E-state index contributed by atoms with van der Waals surface area (Å²) in [6.07, 6.45) is 1.39. The molecule has 1 amide bonds. The van der Waals surface area contributed by atoms with Gasteiger partial charge in [-0.15, -0.1) is 0 Å². The molecule has 15 heavy (non-hydrogen) atoms. The van der Waals surface area contributed by atoms with Gasteiger partial charge in [-0.1, -0.05) is 34.1 Å². The molecule has 1 aromatic rings. The summed E-state index contributed by atoms with van der Waals surface area (Å²) >= 11 is 8.87. The lowest BCUT2D eigenvalue weighted by Crippen LogP contribution is -2.25. The number of carbonyl (C=O) groups is 1. The number of anilines is 1. The second kappa shape index (κ2) is 5.14. The van der Waals surface area contributed by atoms with Crippen LogP contribution >= 0.6 is 27.5 Å². The smallest absolute Gasteiger partial charge is 0.254 e. The molecule has 0 atom stereocenters. The van der Waals surface area contributed by atoms with Gasteiger partial charge in [0.1, 0.15) is 5.15 Å². The number of nitrogen functional groups attached to an aromatic ring is 1. The molecular weight excluding hydrogens is 281 g/mol. The predicted molar refractivity (Wildman–Crippen MR) is 64.1 cm³/mol. The van der Waals surface area contributed by atoms with Crippen LogP contribution in [0.25, 0.3) is 0 Å². The first kappa shape index (κ1) is 12.0. The maximum atomic E-state index is 11.6. The molecular formula is C9H9BrClN3O. The van der Waals surface area contributed by atoms with Gasteiger partial charge < -0.3 is 11.1 Å². The molecule has 0 aliphatic rings. The second-order valence-electron chi connectivity index (χ2n) is 2.81. The van der Waals surface area contributed by atoms with Crippen LogP contribution in [0.4, 0.5) is 5.69 Å². The molecule has 0 aliphatic carbocycles. The quantitative estimate of drug-likeness (QED) is 0.836. The Balaban J connectivity index is 2.81. The van der Waals surface area contributed by atoms with E-state index in [0.29, 0.717) is 16.7 Å². The first-order valence-corrected chi connectivity index (χ1v) is 5.20. The van der Waals surface area contributed by atoms with Crippen LogP contribution in [0.3, 0.4) is 0 Å². The molecule has 0 fully saturated rings. The third-order valence-corrected chi connectivity index (χ3v) is 2.13. The van der Waals surface area contributed by atoms with Crippen molar-refractivity contribution < 1.29 is 4.79 Å². The zero-order valence-corrected chi connectivity index (χ0v) is 10.1. The van der Waals surface area contributed by atoms with Crippen LogP contribution < -0.4 is 11.1 Å². The third-order valence-electron chi connectivity index (χ3n) is 1.55. The molecule has 0 spiro atoms. The summed E-state index contributed by atoms with van der Waals surface area (Å²) in [5, 5.41) is 2.73. The SMILES string of the molecule is C=C(Br)CNC(=O)c1cc(N)cnc1Cl. The highest BCUT2D eigenvalue weighted by Gasteiger charge is 2.11. The molecule has 3 N–H and O–H groups in total. The molecule has 0 unspecified atom stereocenters. The normalized spacial score (nSPS) is 9.73. The summed E-state index contributed by atoms with van der Waals surface area (Å²) in [6.45, 7) is 3.91. The van der Waals surface area contributed by atoms with E-state index in [1.807, 2.05) is 0 Å². The zero-order valence-electron chi connectivity index (χ0n) is 7.76. The average molecular weight is 291 g/mol.